The minimum atomic E-state index is 0.265. The van der Waals surface area contributed by atoms with E-state index in [2.05, 4.69) is 50.8 Å². The smallest absolute Gasteiger partial charge is 0.197 e. The second-order valence-electron chi connectivity index (χ2n) is 9.11. The predicted octanol–water partition coefficient (Wildman–Crippen LogP) is 3.51. The fourth-order valence-electron chi connectivity index (χ4n) is 4.72. The van der Waals surface area contributed by atoms with Gasteiger partial charge >= 0.3 is 0 Å². The van der Waals surface area contributed by atoms with Crippen molar-refractivity contribution in [3.8, 4) is 17.0 Å². The molecule has 5 heterocycles. The molecular formula is C25H31N7O2. The molecule has 0 radical (unpaired) electrons. The van der Waals surface area contributed by atoms with Gasteiger partial charge in [0.05, 0.1) is 30.4 Å². The second kappa shape index (κ2) is 9.06. The van der Waals surface area contributed by atoms with Gasteiger partial charge in [0.2, 0.25) is 0 Å². The maximum Gasteiger partial charge on any atom is 0.197 e. The molecule has 1 saturated heterocycles. The highest BCUT2D eigenvalue weighted by atomic mass is 16.5. The molecule has 0 amide bonds. The van der Waals surface area contributed by atoms with Crippen LogP contribution in [0.15, 0.2) is 30.7 Å². The lowest BCUT2D eigenvalue weighted by Gasteiger charge is -2.35. The Morgan fingerprint density at radius 1 is 1.21 bits per heavy atom. The summed E-state index contributed by atoms with van der Waals surface area (Å²) in [6.07, 6.45) is 4.10. The zero-order valence-corrected chi connectivity index (χ0v) is 20.2. The Balaban J connectivity index is 1.49. The summed E-state index contributed by atoms with van der Waals surface area (Å²) in [4.78, 5) is 29.3. The number of carbonyl (C=O) groups is 1. The highest BCUT2D eigenvalue weighted by Gasteiger charge is 2.23. The normalized spacial score (nSPS) is 15.0. The van der Waals surface area contributed by atoms with Crippen LogP contribution in [-0.2, 0) is 4.79 Å². The van der Waals surface area contributed by atoms with Gasteiger partial charge in [-0.15, -0.1) is 0 Å². The molecule has 1 aliphatic rings. The fourth-order valence-corrected chi connectivity index (χ4v) is 4.72. The molecule has 178 valence electrons. The van der Waals surface area contributed by atoms with Crippen molar-refractivity contribution in [1.82, 2.24) is 29.5 Å². The summed E-state index contributed by atoms with van der Waals surface area (Å²) in [6, 6.07) is 6.20. The Labute approximate surface area is 198 Å². The standard InChI is InChI=1S/C25H31N7O2/c1-5-18(33)14-30-8-10-31(11-9-30)21-7-6-19-24(29-21)22(16(2)3)23(28-19)17-12-20(34-4)25-26-15-27-32(25)13-17/h6-7,12-13,15-16,28H,5,8-11,14H2,1-4H3. The first kappa shape index (κ1) is 22.3. The number of anilines is 1. The number of methoxy groups -OCH3 is 1. The van der Waals surface area contributed by atoms with E-state index >= 15 is 0 Å². The minimum Gasteiger partial charge on any atom is -0.493 e. The minimum absolute atomic E-state index is 0.265. The van der Waals surface area contributed by atoms with Crippen LogP contribution in [0.5, 0.6) is 5.75 Å². The lowest BCUT2D eigenvalue weighted by molar-refractivity contribution is -0.119. The number of hydrogen-bond acceptors (Lipinski definition) is 7. The molecule has 4 aromatic rings. The Bertz CT molecular complexity index is 1330. The number of ketones is 1. The van der Waals surface area contributed by atoms with Crippen LogP contribution in [0.2, 0.25) is 0 Å². The number of pyridine rings is 2. The quantitative estimate of drug-likeness (QED) is 0.450. The topological polar surface area (TPSA) is 91.7 Å². The molecule has 34 heavy (non-hydrogen) atoms. The van der Waals surface area contributed by atoms with Gasteiger partial charge < -0.3 is 14.6 Å². The van der Waals surface area contributed by atoms with E-state index in [1.807, 2.05) is 19.2 Å². The summed E-state index contributed by atoms with van der Waals surface area (Å²) in [5.41, 5.74) is 5.86. The molecule has 4 aromatic heterocycles. The van der Waals surface area contributed by atoms with Gasteiger partial charge in [-0.1, -0.05) is 20.8 Å². The number of carbonyl (C=O) groups excluding carboxylic acids is 1. The molecule has 0 atom stereocenters. The zero-order valence-electron chi connectivity index (χ0n) is 20.2. The summed E-state index contributed by atoms with van der Waals surface area (Å²) in [7, 11) is 1.65. The number of Topliss-reactive ketones (excluding diaryl/α,β-unsaturated/α-hetero) is 1. The molecule has 1 aliphatic heterocycles. The van der Waals surface area contributed by atoms with Gasteiger partial charge in [0.15, 0.2) is 11.4 Å². The van der Waals surface area contributed by atoms with E-state index in [4.69, 9.17) is 9.72 Å². The van der Waals surface area contributed by atoms with Crippen LogP contribution in [0.4, 0.5) is 5.82 Å². The third-order valence-electron chi connectivity index (χ3n) is 6.58. The predicted molar refractivity (Wildman–Crippen MR) is 133 cm³/mol. The van der Waals surface area contributed by atoms with Crippen LogP contribution < -0.4 is 9.64 Å². The van der Waals surface area contributed by atoms with Gasteiger partial charge in [-0.3, -0.25) is 9.69 Å². The van der Waals surface area contributed by atoms with Crippen LogP contribution >= 0.6 is 0 Å². The molecule has 0 aromatic carbocycles. The number of fused-ring (bicyclic) bond motifs is 2. The number of H-pyrrole nitrogens is 1. The first-order chi connectivity index (χ1) is 16.5. The van der Waals surface area contributed by atoms with E-state index in [9.17, 15) is 4.79 Å². The van der Waals surface area contributed by atoms with Gasteiger partial charge in [0, 0.05) is 49.9 Å². The molecule has 0 spiro atoms. The SMILES string of the molecule is CCC(=O)CN1CCN(c2ccc3[nH]c(-c4cc(OC)c5ncnn5c4)c(C(C)C)c3n2)CC1. The highest BCUT2D eigenvalue weighted by Crippen LogP contribution is 2.37. The Morgan fingerprint density at radius 2 is 2.00 bits per heavy atom. The Hall–Kier alpha value is -3.46. The largest absolute Gasteiger partial charge is 0.493 e. The number of aromatic amines is 1. The molecule has 9 nitrogen and oxygen atoms in total. The summed E-state index contributed by atoms with van der Waals surface area (Å²) in [6.45, 7) is 10.3. The molecule has 9 heteroatoms. The first-order valence-corrected chi connectivity index (χ1v) is 11.9. The van der Waals surface area contributed by atoms with Gasteiger partial charge in [0.1, 0.15) is 17.9 Å². The van der Waals surface area contributed by atoms with E-state index in [0.29, 0.717) is 30.1 Å². The lowest BCUT2D eigenvalue weighted by Crippen LogP contribution is -2.48. The van der Waals surface area contributed by atoms with Crippen molar-refractivity contribution in [2.75, 3.05) is 44.7 Å². The third-order valence-corrected chi connectivity index (χ3v) is 6.58. The van der Waals surface area contributed by atoms with Crippen molar-refractivity contribution in [3.63, 3.8) is 0 Å². The zero-order chi connectivity index (χ0) is 23.8. The highest BCUT2D eigenvalue weighted by molar-refractivity contribution is 5.90. The van der Waals surface area contributed by atoms with Gasteiger partial charge in [-0.05, 0) is 24.1 Å². The second-order valence-corrected chi connectivity index (χ2v) is 9.11. The van der Waals surface area contributed by atoms with Crippen molar-refractivity contribution >= 4 is 28.3 Å². The average Bonchev–Trinajstić information content (AvgIpc) is 3.48. The number of nitrogens with one attached hydrogen (secondary N) is 1. The first-order valence-electron chi connectivity index (χ1n) is 11.9. The molecule has 1 N–H and O–H groups in total. The number of aromatic nitrogens is 5. The number of hydrogen-bond donors (Lipinski definition) is 1. The van der Waals surface area contributed by atoms with Crippen molar-refractivity contribution in [1.29, 1.82) is 0 Å². The van der Waals surface area contributed by atoms with Gasteiger partial charge in [-0.25, -0.2) is 14.5 Å². The van der Waals surface area contributed by atoms with Crippen LogP contribution in [0.25, 0.3) is 27.9 Å². The summed E-state index contributed by atoms with van der Waals surface area (Å²) in [5.74, 6) is 2.22. The molecule has 1 fully saturated rings. The Kier molecular flexibility index (Phi) is 5.95. The third kappa shape index (κ3) is 4.00. The molecule has 0 aliphatic carbocycles. The number of ether oxygens (including phenoxy) is 1. The van der Waals surface area contributed by atoms with E-state index in [1.165, 1.54) is 11.9 Å². The van der Waals surface area contributed by atoms with Crippen molar-refractivity contribution < 1.29 is 9.53 Å². The fraction of sp³-hybridized carbons (Fsp3) is 0.440. The van der Waals surface area contributed by atoms with Gasteiger partial charge in [0.25, 0.3) is 0 Å². The lowest BCUT2D eigenvalue weighted by atomic mass is 9.99. The Morgan fingerprint density at radius 3 is 2.71 bits per heavy atom. The van der Waals surface area contributed by atoms with Crippen molar-refractivity contribution in [3.05, 3.63) is 36.3 Å². The number of rotatable bonds is 7. The monoisotopic (exact) mass is 461 g/mol. The maximum atomic E-state index is 11.8. The average molecular weight is 462 g/mol. The van der Waals surface area contributed by atoms with E-state index < -0.39 is 0 Å². The van der Waals surface area contributed by atoms with Crippen LogP contribution in [0.1, 0.15) is 38.7 Å². The maximum absolute atomic E-state index is 11.8. The van der Waals surface area contributed by atoms with E-state index in [0.717, 1.165) is 54.3 Å². The van der Waals surface area contributed by atoms with Crippen LogP contribution in [-0.4, -0.2) is 75.1 Å². The number of nitrogens with zero attached hydrogens (tertiary/aromatic N) is 6. The van der Waals surface area contributed by atoms with Crippen LogP contribution in [0.3, 0.4) is 0 Å². The van der Waals surface area contributed by atoms with E-state index in [1.54, 1.807) is 11.6 Å². The summed E-state index contributed by atoms with van der Waals surface area (Å²) >= 11 is 0. The number of piperazine rings is 1. The molecular weight excluding hydrogens is 430 g/mol. The summed E-state index contributed by atoms with van der Waals surface area (Å²) in [5, 5.41) is 4.31. The molecule has 0 bridgehead atoms. The molecule has 5 rings (SSSR count). The summed E-state index contributed by atoms with van der Waals surface area (Å²) < 4.78 is 7.32. The van der Waals surface area contributed by atoms with Crippen LogP contribution in [0, 0.1) is 0 Å². The van der Waals surface area contributed by atoms with Gasteiger partial charge in [-0.2, -0.15) is 5.10 Å². The van der Waals surface area contributed by atoms with Crippen molar-refractivity contribution in [2.45, 2.75) is 33.1 Å². The van der Waals surface area contributed by atoms with E-state index in [-0.39, 0.29) is 5.92 Å². The molecule has 0 unspecified atom stereocenters. The van der Waals surface area contributed by atoms with Crippen molar-refractivity contribution in [2.24, 2.45) is 0 Å². The molecule has 0 saturated carbocycles.